The quantitative estimate of drug-likeness (QED) is 0.794. The Hall–Kier alpha value is -0.910. The molecular weight excluding hydrogens is 226 g/mol. The lowest BCUT2D eigenvalue weighted by Crippen LogP contribution is -2.40. The Morgan fingerprint density at radius 2 is 1.88 bits per heavy atom. The van der Waals surface area contributed by atoms with Crippen LogP contribution in [0.5, 0.6) is 0 Å². The van der Waals surface area contributed by atoms with E-state index in [9.17, 15) is 8.42 Å². The summed E-state index contributed by atoms with van der Waals surface area (Å²) in [7, 11) is -3.35. The third kappa shape index (κ3) is 2.81. The number of hydrogen-bond acceptors (Lipinski definition) is 3. The van der Waals surface area contributed by atoms with E-state index in [2.05, 4.69) is 4.72 Å². The van der Waals surface area contributed by atoms with E-state index in [1.807, 2.05) is 18.2 Å². The largest absolute Gasteiger partial charge is 0.394 e. The van der Waals surface area contributed by atoms with Gasteiger partial charge >= 0.3 is 0 Å². The zero-order valence-electron chi connectivity index (χ0n) is 8.89. The van der Waals surface area contributed by atoms with Crippen molar-refractivity contribution >= 4 is 10.0 Å². The monoisotopic (exact) mass is 241 g/mol. The molecule has 1 aromatic carbocycles. The highest BCUT2D eigenvalue weighted by atomic mass is 32.2. The van der Waals surface area contributed by atoms with Crippen molar-refractivity contribution in [1.82, 2.24) is 4.72 Å². The number of aliphatic hydroxyl groups is 1. The second-order valence-electron chi connectivity index (χ2n) is 4.29. The minimum Gasteiger partial charge on any atom is -0.394 e. The van der Waals surface area contributed by atoms with Gasteiger partial charge in [0.25, 0.3) is 0 Å². The molecule has 0 atom stereocenters. The molecule has 0 radical (unpaired) electrons. The second kappa shape index (κ2) is 4.16. The SMILES string of the molecule is O=S(=O)(Cc1ccccc1)NC1(CO)CC1. The van der Waals surface area contributed by atoms with Crippen molar-refractivity contribution in [3.63, 3.8) is 0 Å². The predicted octanol–water partition coefficient (Wildman–Crippen LogP) is 0.631. The molecule has 1 aromatic rings. The summed E-state index contributed by atoms with van der Waals surface area (Å²) in [6.07, 6.45) is 1.44. The first-order valence-electron chi connectivity index (χ1n) is 5.22. The standard InChI is InChI=1S/C11H15NO3S/c13-9-11(6-7-11)12-16(14,15)8-10-4-2-1-3-5-10/h1-5,12-13H,6-9H2. The van der Waals surface area contributed by atoms with Crippen LogP contribution in [-0.2, 0) is 15.8 Å². The minimum atomic E-state index is -3.35. The van der Waals surface area contributed by atoms with E-state index in [0.29, 0.717) is 0 Å². The Labute approximate surface area is 95.4 Å². The van der Waals surface area contributed by atoms with Gasteiger partial charge in [0.1, 0.15) is 0 Å². The van der Waals surface area contributed by atoms with Crippen LogP contribution in [-0.4, -0.2) is 25.7 Å². The summed E-state index contributed by atoms with van der Waals surface area (Å²) < 4.78 is 26.1. The van der Waals surface area contributed by atoms with Crippen molar-refractivity contribution in [2.24, 2.45) is 0 Å². The lowest BCUT2D eigenvalue weighted by molar-refractivity contribution is 0.246. The van der Waals surface area contributed by atoms with Gasteiger partial charge in [-0.1, -0.05) is 30.3 Å². The number of aliphatic hydroxyl groups excluding tert-OH is 1. The second-order valence-corrected chi connectivity index (χ2v) is 6.01. The van der Waals surface area contributed by atoms with Crippen molar-refractivity contribution < 1.29 is 13.5 Å². The Kier molecular flexibility index (Phi) is 3.01. The smallest absolute Gasteiger partial charge is 0.216 e. The molecule has 0 aromatic heterocycles. The average Bonchev–Trinajstić information content (AvgIpc) is 2.98. The molecule has 0 unspecified atom stereocenters. The van der Waals surface area contributed by atoms with Crippen LogP contribution in [0.1, 0.15) is 18.4 Å². The van der Waals surface area contributed by atoms with Gasteiger partial charge in [-0.05, 0) is 18.4 Å². The molecule has 0 heterocycles. The van der Waals surface area contributed by atoms with Crippen LogP contribution in [0.4, 0.5) is 0 Å². The first kappa shape index (κ1) is 11.6. The summed E-state index contributed by atoms with van der Waals surface area (Å²) in [5.74, 6) is -0.0322. The van der Waals surface area contributed by atoms with Gasteiger partial charge in [0.15, 0.2) is 0 Å². The lowest BCUT2D eigenvalue weighted by atomic mass is 10.2. The summed E-state index contributed by atoms with van der Waals surface area (Å²) in [5.41, 5.74) is 0.178. The van der Waals surface area contributed by atoms with Gasteiger partial charge in [0.05, 0.1) is 17.9 Å². The summed E-state index contributed by atoms with van der Waals surface area (Å²) in [5, 5.41) is 9.06. The molecule has 0 amide bonds. The molecule has 0 saturated heterocycles. The van der Waals surface area contributed by atoms with Crippen LogP contribution < -0.4 is 4.72 Å². The van der Waals surface area contributed by atoms with Gasteiger partial charge in [0.2, 0.25) is 10.0 Å². The van der Waals surface area contributed by atoms with E-state index in [-0.39, 0.29) is 12.4 Å². The van der Waals surface area contributed by atoms with Gasteiger partial charge in [-0.15, -0.1) is 0 Å². The minimum absolute atomic E-state index is 0.0322. The van der Waals surface area contributed by atoms with E-state index < -0.39 is 15.6 Å². The third-order valence-corrected chi connectivity index (χ3v) is 4.19. The topological polar surface area (TPSA) is 66.4 Å². The fourth-order valence-electron chi connectivity index (χ4n) is 1.60. The molecular formula is C11H15NO3S. The van der Waals surface area contributed by atoms with E-state index in [4.69, 9.17) is 5.11 Å². The molecule has 5 heteroatoms. The molecule has 1 fully saturated rings. The van der Waals surface area contributed by atoms with Gasteiger partial charge in [-0.25, -0.2) is 13.1 Å². The van der Waals surface area contributed by atoms with Crippen molar-refractivity contribution in [2.75, 3.05) is 6.61 Å². The van der Waals surface area contributed by atoms with Gasteiger partial charge in [0, 0.05) is 0 Å². The molecule has 0 bridgehead atoms. The van der Waals surface area contributed by atoms with Gasteiger partial charge in [-0.3, -0.25) is 0 Å². The Morgan fingerprint density at radius 1 is 1.25 bits per heavy atom. The van der Waals surface area contributed by atoms with Crippen LogP contribution >= 0.6 is 0 Å². The maximum Gasteiger partial charge on any atom is 0.216 e. The third-order valence-electron chi connectivity index (χ3n) is 2.73. The van der Waals surface area contributed by atoms with Crippen molar-refractivity contribution in [2.45, 2.75) is 24.1 Å². The summed E-state index contributed by atoms with van der Waals surface area (Å²) in [6, 6.07) is 9.02. The van der Waals surface area contributed by atoms with Crippen molar-refractivity contribution in [3.8, 4) is 0 Å². The molecule has 0 spiro atoms. The van der Waals surface area contributed by atoms with E-state index in [1.165, 1.54) is 0 Å². The number of benzene rings is 1. The Morgan fingerprint density at radius 3 is 2.38 bits per heavy atom. The molecule has 0 aliphatic heterocycles. The molecule has 1 aliphatic carbocycles. The van der Waals surface area contributed by atoms with Crippen LogP contribution in [0.2, 0.25) is 0 Å². The zero-order valence-corrected chi connectivity index (χ0v) is 9.70. The van der Waals surface area contributed by atoms with E-state index in [1.54, 1.807) is 12.1 Å². The summed E-state index contributed by atoms with van der Waals surface area (Å²) in [6.45, 7) is -0.124. The maximum atomic E-state index is 11.8. The van der Waals surface area contributed by atoms with Crippen LogP contribution in [0.15, 0.2) is 30.3 Å². The van der Waals surface area contributed by atoms with Crippen molar-refractivity contribution in [1.29, 1.82) is 0 Å². The molecule has 88 valence electrons. The zero-order chi connectivity index (χ0) is 11.6. The lowest BCUT2D eigenvalue weighted by Gasteiger charge is -2.14. The van der Waals surface area contributed by atoms with Gasteiger partial charge < -0.3 is 5.11 Å². The van der Waals surface area contributed by atoms with E-state index in [0.717, 1.165) is 18.4 Å². The molecule has 1 aliphatic rings. The molecule has 2 N–H and O–H groups in total. The number of sulfonamides is 1. The maximum absolute atomic E-state index is 11.8. The Bertz CT molecular complexity index is 451. The van der Waals surface area contributed by atoms with Gasteiger partial charge in [-0.2, -0.15) is 0 Å². The number of nitrogens with one attached hydrogen (secondary N) is 1. The molecule has 1 saturated carbocycles. The average molecular weight is 241 g/mol. The number of hydrogen-bond donors (Lipinski definition) is 2. The molecule has 16 heavy (non-hydrogen) atoms. The van der Waals surface area contributed by atoms with E-state index >= 15 is 0 Å². The number of rotatable bonds is 5. The fourth-order valence-corrected chi connectivity index (χ4v) is 3.23. The highest BCUT2D eigenvalue weighted by Gasteiger charge is 2.45. The molecule has 4 nitrogen and oxygen atoms in total. The fraction of sp³-hybridized carbons (Fsp3) is 0.455. The summed E-state index contributed by atoms with van der Waals surface area (Å²) >= 11 is 0. The normalized spacial score (nSPS) is 18.3. The van der Waals surface area contributed by atoms with Crippen LogP contribution in [0.25, 0.3) is 0 Å². The first-order chi connectivity index (χ1) is 7.55. The highest BCUT2D eigenvalue weighted by Crippen LogP contribution is 2.35. The summed E-state index contributed by atoms with van der Waals surface area (Å²) in [4.78, 5) is 0. The Balaban J connectivity index is 2.04. The molecule has 2 rings (SSSR count). The van der Waals surface area contributed by atoms with Crippen LogP contribution in [0, 0.1) is 0 Å². The van der Waals surface area contributed by atoms with Crippen molar-refractivity contribution in [3.05, 3.63) is 35.9 Å². The van der Waals surface area contributed by atoms with Crippen LogP contribution in [0.3, 0.4) is 0 Å². The first-order valence-corrected chi connectivity index (χ1v) is 6.87. The highest BCUT2D eigenvalue weighted by molar-refractivity contribution is 7.88. The predicted molar refractivity (Wildman–Crippen MR) is 61.3 cm³/mol.